The van der Waals surface area contributed by atoms with Crippen LogP contribution in [0.25, 0.3) is 0 Å². The molecule has 0 aliphatic heterocycles. The molecule has 0 unspecified atom stereocenters. The Morgan fingerprint density at radius 2 is 2.35 bits per heavy atom. The second-order valence-corrected chi connectivity index (χ2v) is 3.46. The molecule has 0 atom stereocenters. The highest BCUT2D eigenvalue weighted by Gasteiger charge is 2.19. The molecule has 94 valence electrons. The van der Waals surface area contributed by atoms with Crippen LogP contribution in [0.5, 0.6) is 0 Å². The van der Waals surface area contributed by atoms with E-state index in [0.29, 0.717) is 13.2 Å². The summed E-state index contributed by atoms with van der Waals surface area (Å²) in [5.41, 5.74) is 5.27. The quantitative estimate of drug-likeness (QED) is 0.437. The largest absolute Gasteiger partial charge is 0.385 e. The molecular weight excluding hydrogens is 226 g/mol. The summed E-state index contributed by atoms with van der Waals surface area (Å²) in [5, 5.41) is 10.8. The van der Waals surface area contributed by atoms with Crippen molar-refractivity contribution in [3.05, 3.63) is 16.3 Å². The molecule has 0 aromatic carbocycles. The van der Waals surface area contributed by atoms with Gasteiger partial charge in [0, 0.05) is 27.3 Å². The van der Waals surface area contributed by atoms with Gasteiger partial charge in [-0.2, -0.15) is 4.98 Å². The van der Waals surface area contributed by atoms with Crippen LogP contribution < -0.4 is 10.6 Å². The van der Waals surface area contributed by atoms with Crippen LogP contribution in [0, 0.1) is 10.1 Å². The Labute approximate surface area is 98.6 Å². The molecule has 0 saturated carbocycles. The van der Waals surface area contributed by atoms with E-state index in [1.165, 1.54) is 0 Å². The summed E-state index contributed by atoms with van der Waals surface area (Å²) < 4.78 is 4.91. The Bertz CT molecular complexity index is 398. The number of hydrogen-bond donors (Lipinski definition) is 1. The molecule has 1 rings (SSSR count). The molecule has 8 nitrogen and oxygen atoms in total. The maximum absolute atomic E-state index is 10.8. The minimum Gasteiger partial charge on any atom is -0.385 e. The summed E-state index contributed by atoms with van der Waals surface area (Å²) in [6.07, 6.45) is 1.86. The minimum absolute atomic E-state index is 0.0178. The van der Waals surface area contributed by atoms with Crippen molar-refractivity contribution in [1.82, 2.24) is 9.97 Å². The predicted octanol–water partition coefficient (Wildman–Crippen LogP) is 0.440. The van der Waals surface area contributed by atoms with Gasteiger partial charge in [0.25, 0.3) is 0 Å². The number of aromatic nitrogens is 2. The highest BCUT2D eigenvalue weighted by molar-refractivity contribution is 5.57. The third-order valence-electron chi connectivity index (χ3n) is 2.17. The van der Waals surface area contributed by atoms with Crippen LogP contribution in [0.1, 0.15) is 6.42 Å². The second kappa shape index (κ2) is 5.94. The van der Waals surface area contributed by atoms with Gasteiger partial charge in [-0.25, -0.2) is 4.98 Å². The maximum atomic E-state index is 10.8. The van der Waals surface area contributed by atoms with E-state index in [1.807, 2.05) is 0 Å². The first-order chi connectivity index (χ1) is 8.06. The van der Waals surface area contributed by atoms with Gasteiger partial charge in [0.1, 0.15) is 6.20 Å². The normalized spacial score (nSPS) is 10.2. The van der Waals surface area contributed by atoms with Crippen LogP contribution in [0.2, 0.25) is 0 Å². The first-order valence-corrected chi connectivity index (χ1v) is 5.03. The number of hydrogen-bond acceptors (Lipinski definition) is 7. The Kier molecular flexibility index (Phi) is 4.58. The fourth-order valence-electron chi connectivity index (χ4n) is 1.34. The van der Waals surface area contributed by atoms with Crippen molar-refractivity contribution in [2.75, 3.05) is 37.9 Å². The van der Waals surface area contributed by atoms with Gasteiger partial charge in [0.15, 0.2) is 0 Å². The first-order valence-electron chi connectivity index (χ1n) is 5.03. The molecule has 0 amide bonds. The predicted molar refractivity (Wildman–Crippen MR) is 62.9 cm³/mol. The SMILES string of the molecule is COCCCN(C)c1nc(N)ncc1[N+](=O)[O-]. The zero-order valence-electron chi connectivity index (χ0n) is 9.79. The van der Waals surface area contributed by atoms with Crippen molar-refractivity contribution in [2.24, 2.45) is 0 Å². The number of ether oxygens (including phenoxy) is 1. The van der Waals surface area contributed by atoms with Crippen LogP contribution in [0.15, 0.2) is 6.20 Å². The molecule has 0 spiro atoms. The van der Waals surface area contributed by atoms with Crippen molar-refractivity contribution in [3.63, 3.8) is 0 Å². The number of nitrogen functional groups attached to an aromatic ring is 1. The van der Waals surface area contributed by atoms with Crippen molar-refractivity contribution in [1.29, 1.82) is 0 Å². The molecular formula is C9H15N5O3. The summed E-state index contributed by atoms with van der Waals surface area (Å²) in [4.78, 5) is 19.4. The van der Waals surface area contributed by atoms with E-state index >= 15 is 0 Å². The number of nitrogens with two attached hydrogens (primary N) is 1. The summed E-state index contributed by atoms with van der Waals surface area (Å²) in [6.45, 7) is 1.17. The first kappa shape index (κ1) is 13.1. The van der Waals surface area contributed by atoms with E-state index in [2.05, 4.69) is 9.97 Å². The van der Waals surface area contributed by atoms with Crippen molar-refractivity contribution >= 4 is 17.5 Å². The number of anilines is 2. The lowest BCUT2D eigenvalue weighted by Crippen LogP contribution is -2.22. The topological polar surface area (TPSA) is 107 Å². The molecule has 1 heterocycles. The Morgan fingerprint density at radius 1 is 1.65 bits per heavy atom. The Morgan fingerprint density at radius 3 is 2.94 bits per heavy atom. The smallest absolute Gasteiger partial charge is 0.329 e. The zero-order valence-corrected chi connectivity index (χ0v) is 9.79. The fraction of sp³-hybridized carbons (Fsp3) is 0.556. The number of nitrogens with zero attached hydrogens (tertiary/aromatic N) is 4. The molecule has 0 aliphatic rings. The van der Waals surface area contributed by atoms with Crippen molar-refractivity contribution in [2.45, 2.75) is 6.42 Å². The third kappa shape index (κ3) is 3.52. The molecule has 0 radical (unpaired) electrons. The van der Waals surface area contributed by atoms with E-state index in [1.54, 1.807) is 19.1 Å². The lowest BCUT2D eigenvalue weighted by Gasteiger charge is -2.17. The average molecular weight is 241 g/mol. The highest BCUT2D eigenvalue weighted by Crippen LogP contribution is 2.24. The minimum atomic E-state index is -0.526. The van der Waals surface area contributed by atoms with Crippen LogP contribution >= 0.6 is 0 Å². The molecule has 0 bridgehead atoms. The van der Waals surface area contributed by atoms with E-state index in [4.69, 9.17) is 10.5 Å². The van der Waals surface area contributed by atoms with Gasteiger partial charge < -0.3 is 15.4 Å². The average Bonchev–Trinajstić information content (AvgIpc) is 2.28. The molecule has 8 heteroatoms. The third-order valence-corrected chi connectivity index (χ3v) is 2.17. The van der Waals surface area contributed by atoms with Gasteiger partial charge in [-0.3, -0.25) is 10.1 Å². The van der Waals surface area contributed by atoms with Crippen molar-refractivity contribution in [3.8, 4) is 0 Å². The van der Waals surface area contributed by atoms with Crippen molar-refractivity contribution < 1.29 is 9.66 Å². The lowest BCUT2D eigenvalue weighted by atomic mass is 10.4. The second-order valence-electron chi connectivity index (χ2n) is 3.46. The van der Waals surface area contributed by atoms with E-state index < -0.39 is 4.92 Å². The molecule has 0 saturated heterocycles. The van der Waals surface area contributed by atoms with Gasteiger partial charge in [0.2, 0.25) is 11.8 Å². The fourth-order valence-corrected chi connectivity index (χ4v) is 1.34. The summed E-state index contributed by atoms with van der Waals surface area (Å²) >= 11 is 0. The molecule has 2 N–H and O–H groups in total. The van der Waals surface area contributed by atoms with Crippen LogP contribution in [-0.2, 0) is 4.74 Å². The van der Waals surface area contributed by atoms with E-state index in [9.17, 15) is 10.1 Å². The highest BCUT2D eigenvalue weighted by atomic mass is 16.6. The number of methoxy groups -OCH3 is 1. The van der Waals surface area contributed by atoms with Gasteiger partial charge in [-0.15, -0.1) is 0 Å². The number of nitro groups is 1. The van der Waals surface area contributed by atoms with Gasteiger partial charge >= 0.3 is 5.69 Å². The molecule has 1 aromatic rings. The van der Waals surface area contributed by atoms with Crippen LogP contribution in [0.3, 0.4) is 0 Å². The molecule has 17 heavy (non-hydrogen) atoms. The zero-order chi connectivity index (χ0) is 12.8. The summed E-state index contributed by atoms with van der Waals surface area (Å²) in [6, 6.07) is 0. The number of rotatable bonds is 6. The summed E-state index contributed by atoms with van der Waals surface area (Å²) in [5.74, 6) is 0.239. The van der Waals surface area contributed by atoms with Crippen LogP contribution in [0.4, 0.5) is 17.5 Å². The maximum Gasteiger partial charge on any atom is 0.329 e. The Balaban J connectivity index is 2.86. The van der Waals surface area contributed by atoms with E-state index in [-0.39, 0.29) is 17.5 Å². The lowest BCUT2D eigenvalue weighted by molar-refractivity contribution is -0.384. The van der Waals surface area contributed by atoms with Gasteiger partial charge in [-0.1, -0.05) is 0 Å². The molecule has 1 aromatic heterocycles. The summed E-state index contributed by atoms with van der Waals surface area (Å²) in [7, 11) is 3.32. The Hall–Kier alpha value is -1.96. The molecule has 0 fully saturated rings. The monoisotopic (exact) mass is 241 g/mol. The van der Waals surface area contributed by atoms with Gasteiger partial charge in [-0.05, 0) is 6.42 Å². The molecule has 0 aliphatic carbocycles. The van der Waals surface area contributed by atoms with E-state index in [0.717, 1.165) is 12.6 Å². The van der Waals surface area contributed by atoms with Gasteiger partial charge in [0.05, 0.1) is 4.92 Å². The standard InChI is InChI=1S/C9H15N5O3/c1-13(4-3-5-17-2)8-7(14(15)16)6-11-9(10)12-8/h6H,3-5H2,1-2H3,(H2,10,11,12). The van der Waals surface area contributed by atoms with Crippen LogP contribution in [-0.4, -0.2) is 42.2 Å².